The minimum absolute atomic E-state index is 0.0284. The Morgan fingerprint density at radius 2 is 1.30 bits per heavy atom. The number of aliphatic hydroxyl groups excluding tert-OH is 7. The SMILES string of the molecule is O=c1c(OC2OC(CO)C(O)C(O)C2OC2OC(CO)C(O)C(O)C2O)c(-c2ccccc2)oc2ccccc12. The van der Waals surface area contributed by atoms with Crippen LogP contribution in [0.25, 0.3) is 22.3 Å². The van der Waals surface area contributed by atoms with Crippen LogP contribution in [0, 0.1) is 0 Å². The van der Waals surface area contributed by atoms with Gasteiger partial charge >= 0.3 is 0 Å². The first-order valence-electron chi connectivity index (χ1n) is 12.6. The summed E-state index contributed by atoms with van der Waals surface area (Å²) < 4.78 is 28.8. The molecule has 13 heteroatoms. The van der Waals surface area contributed by atoms with Gasteiger partial charge in [-0.15, -0.1) is 0 Å². The van der Waals surface area contributed by atoms with Gasteiger partial charge in [0.2, 0.25) is 17.5 Å². The molecule has 0 spiro atoms. The Labute approximate surface area is 227 Å². The standard InChI is InChI=1S/C27H30O13/c28-10-15-18(31)20(33)22(35)26(37-15)40-25-21(34)19(32)16(11-29)38-27(25)39-24-17(30)13-8-4-5-9-14(13)36-23(24)12-6-2-1-3-7-12/h1-9,15-16,18-22,25-29,31-35H,10-11H2. The van der Waals surface area contributed by atoms with E-state index in [9.17, 15) is 40.5 Å². The Kier molecular flexibility index (Phi) is 8.49. The molecule has 13 nitrogen and oxygen atoms in total. The van der Waals surface area contributed by atoms with Gasteiger partial charge in [0.25, 0.3) is 0 Å². The number of rotatable bonds is 7. The molecule has 0 bridgehead atoms. The Morgan fingerprint density at radius 3 is 1.98 bits per heavy atom. The molecule has 0 aliphatic carbocycles. The molecule has 40 heavy (non-hydrogen) atoms. The zero-order valence-corrected chi connectivity index (χ0v) is 21.0. The van der Waals surface area contributed by atoms with Crippen molar-refractivity contribution < 1.29 is 59.1 Å². The fourth-order valence-electron chi connectivity index (χ4n) is 4.76. The summed E-state index contributed by atoms with van der Waals surface area (Å²) in [5.41, 5.74) is 0.167. The lowest BCUT2D eigenvalue weighted by molar-refractivity contribution is -0.358. The number of para-hydroxylation sites is 1. The minimum Gasteiger partial charge on any atom is -0.454 e. The van der Waals surface area contributed by atoms with E-state index in [1.165, 1.54) is 6.07 Å². The molecular formula is C27H30O13. The summed E-state index contributed by atoms with van der Waals surface area (Å²) >= 11 is 0. The Balaban J connectivity index is 1.55. The highest BCUT2D eigenvalue weighted by molar-refractivity contribution is 5.81. The van der Waals surface area contributed by atoms with Gasteiger partial charge in [-0.3, -0.25) is 4.79 Å². The quantitative estimate of drug-likeness (QED) is 0.174. The van der Waals surface area contributed by atoms with E-state index in [2.05, 4.69) is 0 Å². The molecule has 1 aromatic heterocycles. The second kappa shape index (κ2) is 11.9. The lowest BCUT2D eigenvalue weighted by atomic mass is 9.97. The molecule has 2 aliphatic rings. The monoisotopic (exact) mass is 562 g/mol. The number of hydrogen-bond donors (Lipinski definition) is 7. The van der Waals surface area contributed by atoms with E-state index in [0.29, 0.717) is 5.56 Å². The molecule has 0 amide bonds. The molecule has 216 valence electrons. The molecule has 0 radical (unpaired) electrons. The molecule has 10 atom stereocenters. The van der Waals surface area contributed by atoms with Crippen molar-refractivity contribution in [2.75, 3.05) is 13.2 Å². The van der Waals surface area contributed by atoms with Crippen molar-refractivity contribution in [1.29, 1.82) is 0 Å². The molecule has 7 N–H and O–H groups in total. The smallest absolute Gasteiger partial charge is 0.235 e. The zero-order valence-electron chi connectivity index (χ0n) is 21.0. The topological polar surface area (TPSA) is 209 Å². The highest BCUT2D eigenvalue weighted by atomic mass is 16.8. The Morgan fingerprint density at radius 1 is 0.700 bits per heavy atom. The number of aliphatic hydroxyl groups is 7. The van der Waals surface area contributed by atoms with Crippen LogP contribution in [0.5, 0.6) is 5.75 Å². The minimum atomic E-state index is -1.84. The average Bonchev–Trinajstić information content (AvgIpc) is 2.98. The van der Waals surface area contributed by atoms with Crippen LogP contribution >= 0.6 is 0 Å². The summed E-state index contributed by atoms with van der Waals surface area (Å²) in [7, 11) is 0. The fourth-order valence-corrected chi connectivity index (χ4v) is 4.76. The van der Waals surface area contributed by atoms with Crippen molar-refractivity contribution >= 4 is 11.0 Å². The molecule has 5 rings (SSSR count). The molecule has 10 unspecified atom stereocenters. The van der Waals surface area contributed by atoms with Gasteiger partial charge in [0.05, 0.1) is 18.6 Å². The van der Waals surface area contributed by atoms with Gasteiger partial charge in [-0.1, -0.05) is 42.5 Å². The van der Waals surface area contributed by atoms with Crippen molar-refractivity contribution in [2.24, 2.45) is 0 Å². The van der Waals surface area contributed by atoms with Crippen LogP contribution in [-0.4, -0.2) is 110 Å². The molecule has 3 heterocycles. The summed E-state index contributed by atoms with van der Waals surface area (Å²) in [5.74, 6) is -0.293. The summed E-state index contributed by atoms with van der Waals surface area (Å²) in [4.78, 5) is 13.6. The summed E-state index contributed by atoms with van der Waals surface area (Å²) in [6.07, 6.45) is -16.6. The lowest BCUT2D eigenvalue weighted by Gasteiger charge is -2.45. The van der Waals surface area contributed by atoms with Crippen LogP contribution in [0.3, 0.4) is 0 Å². The van der Waals surface area contributed by atoms with Crippen LogP contribution < -0.4 is 10.2 Å². The predicted octanol–water partition coefficient (Wildman–Crippen LogP) is -1.54. The zero-order chi connectivity index (χ0) is 28.6. The van der Waals surface area contributed by atoms with Crippen LogP contribution in [0.2, 0.25) is 0 Å². The first-order valence-corrected chi connectivity index (χ1v) is 12.6. The number of hydrogen-bond acceptors (Lipinski definition) is 13. The van der Waals surface area contributed by atoms with Gasteiger partial charge in [-0.25, -0.2) is 0 Å². The van der Waals surface area contributed by atoms with E-state index in [1.54, 1.807) is 48.5 Å². The summed E-state index contributed by atoms with van der Waals surface area (Å²) in [5, 5.41) is 71.6. The maximum absolute atomic E-state index is 13.6. The van der Waals surface area contributed by atoms with Crippen molar-refractivity contribution in [3.05, 3.63) is 64.8 Å². The maximum atomic E-state index is 13.6. The first-order chi connectivity index (χ1) is 19.2. The third kappa shape index (κ3) is 5.24. The van der Waals surface area contributed by atoms with E-state index >= 15 is 0 Å². The molecular weight excluding hydrogens is 532 g/mol. The van der Waals surface area contributed by atoms with Crippen molar-refractivity contribution in [3.63, 3.8) is 0 Å². The number of benzene rings is 2. The summed E-state index contributed by atoms with van der Waals surface area (Å²) in [6, 6.07) is 15.0. The van der Waals surface area contributed by atoms with E-state index in [-0.39, 0.29) is 22.5 Å². The molecule has 0 saturated carbocycles. The predicted molar refractivity (Wildman–Crippen MR) is 135 cm³/mol. The number of fused-ring (bicyclic) bond motifs is 1. The number of ether oxygens (including phenoxy) is 4. The van der Waals surface area contributed by atoms with Gasteiger partial charge in [0.1, 0.15) is 48.3 Å². The lowest BCUT2D eigenvalue weighted by Crippen LogP contribution is -2.65. The van der Waals surface area contributed by atoms with E-state index < -0.39 is 80.1 Å². The molecule has 2 saturated heterocycles. The van der Waals surface area contributed by atoms with Gasteiger partial charge in [0, 0.05) is 5.56 Å². The highest BCUT2D eigenvalue weighted by Gasteiger charge is 2.51. The second-order valence-electron chi connectivity index (χ2n) is 9.57. The van der Waals surface area contributed by atoms with Gasteiger partial charge in [0.15, 0.2) is 18.2 Å². The normalized spacial score (nSPS) is 34.6. The fraction of sp³-hybridized carbons (Fsp3) is 0.444. The van der Waals surface area contributed by atoms with Crippen molar-refractivity contribution in [2.45, 2.75) is 61.4 Å². The third-order valence-electron chi connectivity index (χ3n) is 6.99. The van der Waals surface area contributed by atoms with Crippen molar-refractivity contribution in [1.82, 2.24) is 0 Å². The van der Waals surface area contributed by atoms with E-state index in [4.69, 9.17) is 23.4 Å². The summed E-state index contributed by atoms with van der Waals surface area (Å²) in [6.45, 7) is -1.47. The van der Waals surface area contributed by atoms with Crippen molar-refractivity contribution in [3.8, 4) is 17.1 Å². The van der Waals surface area contributed by atoms with Gasteiger partial charge in [-0.2, -0.15) is 0 Å². The Bertz CT molecular complexity index is 1350. The van der Waals surface area contributed by atoms with Crippen LogP contribution in [0.1, 0.15) is 0 Å². The third-order valence-corrected chi connectivity index (χ3v) is 6.99. The van der Waals surface area contributed by atoms with E-state index in [0.717, 1.165) is 0 Å². The highest BCUT2D eigenvalue weighted by Crippen LogP contribution is 2.35. The van der Waals surface area contributed by atoms with Gasteiger partial charge in [-0.05, 0) is 12.1 Å². The molecule has 3 aromatic rings. The molecule has 2 aliphatic heterocycles. The average molecular weight is 563 g/mol. The van der Waals surface area contributed by atoms with E-state index in [1.807, 2.05) is 0 Å². The molecule has 2 aromatic carbocycles. The van der Waals surface area contributed by atoms with Gasteiger partial charge < -0.3 is 59.1 Å². The Hall–Kier alpha value is -2.95. The van der Waals surface area contributed by atoms with Crippen LogP contribution in [0.4, 0.5) is 0 Å². The van der Waals surface area contributed by atoms with Crippen LogP contribution in [-0.2, 0) is 14.2 Å². The molecule has 2 fully saturated rings. The largest absolute Gasteiger partial charge is 0.454 e. The van der Waals surface area contributed by atoms with Crippen LogP contribution in [0.15, 0.2) is 63.8 Å². The first kappa shape index (κ1) is 28.6. The maximum Gasteiger partial charge on any atom is 0.235 e. The second-order valence-corrected chi connectivity index (χ2v) is 9.57.